The maximum Gasteiger partial charge on any atom is 0.217 e. The van der Waals surface area contributed by atoms with E-state index in [1.807, 2.05) is 0 Å². The monoisotopic (exact) mass is 1150 g/mol. The standard InChI is InChI=1S/C45H74N4O30/c1-14(56)48-24-31(65)37(22(13-55)74-41(24)78-39-29(63)20(11-53)72-44(34(39)68)75-36(17(59)8-50)26(60)16(58)7-47-23-5-3-4-6-46-23)76-45-35(69)40(30(64)21(12-54)73-45)79-42-25(49-15(2)57)38(28(62)19(10-52)70-42)77-43-33(67)32(66)27(61)18(9-51)71-43/h3-6,16-22,24-45,50-55,58-69H,7-13H2,1-2H3,(H,46,47)(H,48,56)(H,49,57)/t16-,17+,18+,19+,20+,21+,22+,24+,25+,26+,27-,28+,29-,30-,31+,32-,33+,34+,35+,36+,37+,38+,39-,40-,41+,42+,43+,44-,45-/m0/s1. The molecule has 1 aromatic heterocycles. The number of nitrogens with one attached hydrogen (secondary N) is 3. The highest BCUT2D eigenvalue weighted by Gasteiger charge is 2.58. The molecule has 0 radical (unpaired) electrons. The van der Waals surface area contributed by atoms with Crippen LogP contribution in [0.2, 0.25) is 0 Å². The lowest BCUT2D eigenvalue weighted by molar-refractivity contribution is -0.383. The van der Waals surface area contributed by atoms with E-state index in [2.05, 4.69) is 20.9 Å². The van der Waals surface area contributed by atoms with E-state index in [9.17, 15) is 102 Å². The highest BCUT2D eigenvalue weighted by atomic mass is 16.8. The molecule has 79 heavy (non-hydrogen) atoms. The number of hydrogen-bond acceptors (Lipinski definition) is 32. The summed E-state index contributed by atoms with van der Waals surface area (Å²) in [6, 6.07) is 1.24. The van der Waals surface area contributed by atoms with Crippen LogP contribution < -0.4 is 16.0 Å². The first-order valence-corrected chi connectivity index (χ1v) is 25.1. The fourth-order valence-electron chi connectivity index (χ4n) is 9.60. The van der Waals surface area contributed by atoms with E-state index in [0.717, 1.165) is 13.8 Å². The highest BCUT2D eigenvalue weighted by Crippen LogP contribution is 2.36. The number of rotatable bonds is 24. The van der Waals surface area contributed by atoms with Crippen molar-refractivity contribution in [1.82, 2.24) is 15.6 Å². The summed E-state index contributed by atoms with van der Waals surface area (Å²) in [5.41, 5.74) is 0. The molecule has 29 atom stereocenters. The molecule has 454 valence electrons. The summed E-state index contributed by atoms with van der Waals surface area (Å²) in [6.07, 6.45) is -50.9. The lowest BCUT2D eigenvalue weighted by Crippen LogP contribution is -2.71. The molecule has 6 rings (SSSR count). The Balaban J connectivity index is 1.21. The zero-order chi connectivity index (χ0) is 58.2. The topological polar surface area (TPSA) is 540 Å². The number of carbonyl (C=O) groups excluding carboxylic acids is 2. The van der Waals surface area contributed by atoms with E-state index >= 15 is 0 Å². The number of ether oxygens (including phenoxy) is 10. The molecule has 34 heteroatoms. The minimum atomic E-state index is -2.24. The zero-order valence-electron chi connectivity index (χ0n) is 42.4. The molecular weight excluding hydrogens is 1080 g/mol. The predicted molar refractivity (Wildman–Crippen MR) is 250 cm³/mol. The second-order valence-corrected chi connectivity index (χ2v) is 19.4. The Morgan fingerprint density at radius 3 is 1.47 bits per heavy atom. The predicted octanol–water partition coefficient (Wildman–Crippen LogP) is -12.7. The number of pyridine rings is 1. The molecule has 0 aromatic carbocycles. The van der Waals surface area contributed by atoms with Gasteiger partial charge in [-0.1, -0.05) is 6.07 Å². The van der Waals surface area contributed by atoms with Crippen molar-refractivity contribution in [3.8, 4) is 0 Å². The van der Waals surface area contributed by atoms with Gasteiger partial charge in [0.1, 0.15) is 146 Å². The Hall–Kier alpha value is -3.23. The molecule has 21 N–H and O–H groups in total. The molecule has 0 spiro atoms. The summed E-state index contributed by atoms with van der Waals surface area (Å²) < 4.78 is 57.8. The summed E-state index contributed by atoms with van der Waals surface area (Å²) in [4.78, 5) is 29.3. The molecule has 0 aliphatic carbocycles. The van der Waals surface area contributed by atoms with Crippen molar-refractivity contribution in [3.63, 3.8) is 0 Å². The molecule has 5 aliphatic rings. The van der Waals surface area contributed by atoms with Crippen molar-refractivity contribution >= 4 is 17.6 Å². The van der Waals surface area contributed by atoms with Gasteiger partial charge in [-0.3, -0.25) is 9.59 Å². The second-order valence-electron chi connectivity index (χ2n) is 19.4. The summed E-state index contributed by atoms with van der Waals surface area (Å²) >= 11 is 0. The van der Waals surface area contributed by atoms with Gasteiger partial charge in [0.2, 0.25) is 11.8 Å². The largest absolute Gasteiger partial charge is 0.394 e. The molecule has 5 aliphatic heterocycles. The van der Waals surface area contributed by atoms with Crippen molar-refractivity contribution in [2.45, 2.75) is 192 Å². The Bertz CT molecular complexity index is 2010. The number of anilines is 1. The van der Waals surface area contributed by atoms with E-state index < -0.39 is 229 Å². The lowest BCUT2D eigenvalue weighted by atomic mass is 9.93. The van der Waals surface area contributed by atoms with Crippen molar-refractivity contribution < 1.29 is 149 Å². The highest BCUT2D eigenvalue weighted by molar-refractivity contribution is 5.73. The fraction of sp³-hybridized carbons (Fsp3) is 0.844. The third-order valence-electron chi connectivity index (χ3n) is 13.8. The summed E-state index contributed by atoms with van der Waals surface area (Å²) in [7, 11) is 0. The average molecular weight is 1150 g/mol. The molecule has 0 saturated carbocycles. The van der Waals surface area contributed by atoms with Gasteiger partial charge in [0.15, 0.2) is 31.5 Å². The van der Waals surface area contributed by atoms with Gasteiger partial charge in [-0.25, -0.2) is 4.98 Å². The number of hydrogen-bond donors (Lipinski definition) is 21. The molecule has 6 heterocycles. The van der Waals surface area contributed by atoms with Crippen LogP contribution in [0.5, 0.6) is 0 Å². The van der Waals surface area contributed by atoms with E-state index in [0.29, 0.717) is 0 Å². The Morgan fingerprint density at radius 1 is 0.506 bits per heavy atom. The molecule has 0 bridgehead atoms. The maximum atomic E-state index is 12.7. The van der Waals surface area contributed by atoms with Gasteiger partial charge in [0, 0.05) is 26.6 Å². The SMILES string of the molecule is CC(=O)N[C@H]1[C@@H](O[C@H]2[C@@H](O)[C@@H](CO)O[C@@H](O[C@@H]([C@H](O)[C@@H](O)CNc3ccccn3)[C@H](O)CO)[C@@H]2O)O[C@H](CO)[C@@H](O[C@@H]2O[C@H](CO)[C@H](O)[C@H](O[C@H]3O[C@H](CO)[C@@H](O)[C@H](O[C@H]4O[C@H](CO)[C@H](O)[C@H](O)[C@H]4O)[C@H]3NC(C)=O)[C@H]2O)[C@@H]1O. The van der Waals surface area contributed by atoms with Gasteiger partial charge < -0.3 is 155 Å². The van der Waals surface area contributed by atoms with Crippen molar-refractivity contribution in [3.05, 3.63) is 24.4 Å². The Labute approximate surface area is 449 Å². The lowest BCUT2D eigenvalue weighted by Gasteiger charge is -2.51. The Kier molecular flexibility index (Phi) is 24.1. The maximum absolute atomic E-state index is 12.7. The zero-order valence-corrected chi connectivity index (χ0v) is 42.4. The van der Waals surface area contributed by atoms with Gasteiger partial charge in [-0.2, -0.15) is 0 Å². The van der Waals surface area contributed by atoms with Gasteiger partial charge in [-0.15, -0.1) is 0 Å². The van der Waals surface area contributed by atoms with E-state index in [-0.39, 0.29) is 12.4 Å². The van der Waals surface area contributed by atoms with Crippen molar-refractivity contribution in [2.75, 3.05) is 51.5 Å². The van der Waals surface area contributed by atoms with Crippen LogP contribution in [0.3, 0.4) is 0 Å². The first-order valence-electron chi connectivity index (χ1n) is 25.1. The number of aliphatic hydroxyl groups is 18. The van der Waals surface area contributed by atoms with Crippen LogP contribution in [0.15, 0.2) is 24.4 Å². The van der Waals surface area contributed by atoms with Crippen LogP contribution in [0.1, 0.15) is 13.8 Å². The number of amides is 2. The molecule has 2 amide bonds. The minimum Gasteiger partial charge on any atom is -0.394 e. The number of nitrogens with zero attached hydrogens (tertiary/aromatic N) is 1. The molecule has 34 nitrogen and oxygen atoms in total. The molecular formula is C45H74N4O30. The summed E-state index contributed by atoms with van der Waals surface area (Å²) in [5, 5.41) is 202. The summed E-state index contributed by atoms with van der Waals surface area (Å²) in [6.45, 7) is -4.45. The molecule has 5 saturated heterocycles. The summed E-state index contributed by atoms with van der Waals surface area (Å²) in [5.74, 6) is -1.43. The van der Waals surface area contributed by atoms with Crippen molar-refractivity contribution in [2.24, 2.45) is 0 Å². The average Bonchev–Trinajstić information content (AvgIpc) is 3.51. The van der Waals surface area contributed by atoms with Crippen LogP contribution in [-0.4, -0.2) is 333 Å². The normalized spacial score (nSPS) is 42.6. The molecule has 5 fully saturated rings. The molecule has 1 aromatic rings. The van der Waals surface area contributed by atoms with Gasteiger partial charge >= 0.3 is 0 Å². The first-order chi connectivity index (χ1) is 37.5. The van der Waals surface area contributed by atoms with Gasteiger partial charge in [-0.05, 0) is 12.1 Å². The number of carbonyl (C=O) groups is 2. The molecule has 0 unspecified atom stereocenters. The Morgan fingerprint density at radius 2 is 0.949 bits per heavy atom. The van der Waals surface area contributed by atoms with E-state index in [1.165, 1.54) is 6.20 Å². The van der Waals surface area contributed by atoms with Crippen LogP contribution in [-0.2, 0) is 57.0 Å². The van der Waals surface area contributed by atoms with Crippen LogP contribution >= 0.6 is 0 Å². The minimum absolute atomic E-state index is 0.287. The number of aliphatic hydroxyl groups excluding tert-OH is 18. The van der Waals surface area contributed by atoms with Crippen molar-refractivity contribution in [1.29, 1.82) is 0 Å². The van der Waals surface area contributed by atoms with Crippen LogP contribution in [0, 0.1) is 0 Å². The first kappa shape index (κ1) is 64.9. The van der Waals surface area contributed by atoms with Crippen LogP contribution in [0.4, 0.5) is 5.82 Å². The number of aromatic nitrogens is 1. The third kappa shape index (κ3) is 15.1. The fourth-order valence-corrected chi connectivity index (χ4v) is 9.60. The third-order valence-corrected chi connectivity index (χ3v) is 13.8. The van der Waals surface area contributed by atoms with E-state index in [4.69, 9.17) is 47.4 Å². The van der Waals surface area contributed by atoms with Gasteiger partial charge in [0.05, 0.1) is 45.7 Å². The quantitative estimate of drug-likeness (QED) is 0.0457. The van der Waals surface area contributed by atoms with Gasteiger partial charge in [0.25, 0.3) is 0 Å². The van der Waals surface area contributed by atoms with E-state index in [1.54, 1.807) is 18.2 Å². The smallest absolute Gasteiger partial charge is 0.217 e. The second kappa shape index (κ2) is 29.3. The van der Waals surface area contributed by atoms with Crippen LogP contribution in [0.25, 0.3) is 0 Å².